The highest BCUT2D eigenvalue weighted by molar-refractivity contribution is 7.18. The zero-order valence-electron chi connectivity index (χ0n) is 15.7. The molecule has 0 radical (unpaired) electrons. The summed E-state index contributed by atoms with van der Waals surface area (Å²) in [5, 5.41) is 12.2. The number of aromatic nitrogens is 5. The Morgan fingerprint density at radius 1 is 1.00 bits per heavy atom. The number of carbonyl (C=O) groups is 1. The van der Waals surface area contributed by atoms with Gasteiger partial charge in [0, 0.05) is 31.7 Å². The van der Waals surface area contributed by atoms with Crippen LogP contribution in [0.15, 0.2) is 54.9 Å². The standard InChI is InChI=1S/C20H19N7OS/c28-20(15-5-7-16(8-6-15)27-14-21-23-24-27)26-11-9-25(10-12-26)13-19-22-17-3-1-2-4-18(17)29-19/h1-8,14H,9-13H2. The zero-order valence-corrected chi connectivity index (χ0v) is 16.5. The molecule has 1 aliphatic heterocycles. The van der Waals surface area contributed by atoms with Crippen molar-refractivity contribution in [3.05, 3.63) is 65.4 Å². The predicted octanol–water partition coefficient (Wildman–Crippen LogP) is 2.23. The molecule has 1 saturated heterocycles. The fraction of sp³-hybridized carbons (Fsp3) is 0.250. The van der Waals surface area contributed by atoms with E-state index in [1.165, 1.54) is 11.0 Å². The summed E-state index contributed by atoms with van der Waals surface area (Å²) in [4.78, 5) is 21.8. The Hall–Kier alpha value is -3.17. The molecule has 0 saturated carbocycles. The van der Waals surface area contributed by atoms with Gasteiger partial charge in [-0.2, -0.15) is 0 Å². The predicted molar refractivity (Wildman–Crippen MR) is 110 cm³/mol. The van der Waals surface area contributed by atoms with Crippen LogP contribution in [0.2, 0.25) is 0 Å². The van der Waals surface area contributed by atoms with Gasteiger partial charge in [0.15, 0.2) is 0 Å². The second-order valence-corrected chi connectivity index (χ2v) is 8.06. The van der Waals surface area contributed by atoms with E-state index in [1.54, 1.807) is 16.0 Å². The van der Waals surface area contributed by atoms with Crippen molar-refractivity contribution in [2.75, 3.05) is 26.2 Å². The van der Waals surface area contributed by atoms with Crippen LogP contribution in [0.1, 0.15) is 15.4 Å². The van der Waals surface area contributed by atoms with E-state index in [-0.39, 0.29) is 5.91 Å². The SMILES string of the molecule is O=C(c1ccc(-n2cnnn2)cc1)N1CCN(Cc2nc3ccccc3s2)CC1. The lowest BCUT2D eigenvalue weighted by atomic mass is 10.1. The van der Waals surface area contributed by atoms with Crippen molar-refractivity contribution >= 4 is 27.5 Å². The highest BCUT2D eigenvalue weighted by atomic mass is 32.1. The maximum Gasteiger partial charge on any atom is 0.253 e. The van der Waals surface area contributed by atoms with Gasteiger partial charge in [0.05, 0.1) is 22.4 Å². The Morgan fingerprint density at radius 2 is 1.79 bits per heavy atom. The number of thiazole rings is 1. The largest absolute Gasteiger partial charge is 0.336 e. The number of fused-ring (bicyclic) bond motifs is 1. The van der Waals surface area contributed by atoms with Gasteiger partial charge in [0.2, 0.25) is 0 Å². The van der Waals surface area contributed by atoms with Crippen LogP contribution in [-0.4, -0.2) is 67.1 Å². The van der Waals surface area contributed by atoms with Gasteiger partial charge in [-0.1, -0.05) is 12.1 Å². The number of hydrogen-bond acceptors (Lipinski definition) is 7. The first-order chi connectivity index (χ1) is 14.3. The molecule has 1 aliphatic rings. The summed E-state index contributed by atoms with van der Waals surface area (Å²) in [5.74, 6) is 0.0629. The molecule has 3 heterocycles. The summed E-state index contributed by atoms with van der Waals surface area (Å²) >= 11 is 1.75. The summed E-state index contributed by atoms with van der Waals surface area (Å²) in [6.45, 7) is 3.98. The third-order valence-electron chi connectivity index (χ3n) is 5.08. The Kier molecular flexibility index (Phi) is 4.74. The molecule has 146 valence electrons. The molecular formula is C20H19N7OS. The van der Waals surface area contributed by atoms with Crippen molar-refractivity contribution in [3.63, 3.8) is 0 Å². The molecule has 0 spiro atoms. The van der Waals surface area contributed by atoms with Crippen molar-refractivity contribution in [2.45, 2.75) is 6.54 Å². The van der Waals surface area contributed by atoms with Crippen molar-refractivity contribution in [1.82, 2.24) is 35.0 Å². The minimum atomic E-state index is 0.0629. The maximum absolute atomic E-state index is 12.8. The molecule has 0 bridgehead atoms. The fourth-order valence-corrected chi connectivity index (χ4v) is 4.52. The molecule has 2 aromatic carbocycles. The average molecular weight is 405 g/mol. The van der Waals surface area contributed by atoms with Crippen LogP contribution in [0.25, 0.3) is 15.9 Å². The molecule has 0 aliphatic carbocycles. The van der Waals surface area contributed by atoms with Crippen molar-refractivity contribution < 1.29 is 4.79 Å². The molecule has 29 heavy (non-hydrogen) atoms. The first-order valence-corrected chi connectivity index (χ1v) is 10.3. The Balaban J connectivity index is 1.19. The number of hydrogen-bond donors (Lipinski definition) is 0. The number of benzene rings is 2. The quantitative estimate of drug-likeness (QED) is 0.518. The van der Waals surface area contributed by atoms with Crippen LogP contribution in [0.3, 0.4) is 0 Å². The van der Waals surface area contributed by atoms with E-state index < -0.39 is 0 Å². The monoisotopic (exact) mass is 405 g/mol. The van der Waals surface area contributed by atoms with Gasteiger partial charge in [0.1, 0.15) is 11.3 Å². The number of tetrazole rings is 1. The smallest absolute Gasteiger partial charge is 0.253 e. The summed E-state index contributed by atoms with van der Waals surface area (Å²) in [6, 6.07) is 15.6. The third-order valence-corrected chi connectivity index (χ3v) is 6.11. The van der Waals surface area contributed by atoms with Crippen LogP contribution in [0.4, 0.5) is 0 Å². The molecule has 8 nitrogen and oxygen atoms in total. The molecule has 1 amide bonds. The Bertz CT molecular complexity index is 1080. The zero-order chi connectivity index (χ0) is 19.6. The summed E-state index contributed by atoms with van der Waals surface area (Å²) in [6.07, 6.45) is 1.53. The van der Waals surface area contributed by atoms with Crippen LogP contribution in [-0.2, 0) is 6.54 Å². The van der Waals surface area contributed by atoms with Gasteiger partial charge < -0.3 is 4.90 Å². The van der Waals surface area contributed by atoms with Crippen molar-refractivity contribution in [1.29, 1.82) is 0 Å². The average Bonchev–Trinajstić information content (AvgIpc) is 3.43. The van der Waals surface area contributed by atoms with E-state index in [2.05, 4.69) is 32.6 Å². The Morgan fingerprint density at radius 3 is 2.52 bits per heavy atom. The lowest BCUT2D eigenvalue weighted by Crippen LogP contribution is -2.48. The molecule has 1 fully saturated rings. The van der Waals surface area contributed by atoms with Crippen molar-refractivity contribution in [3.8, 4) is 5.69 Å². The van der Waals surface area contributed by atoms with Gasteiger partial charge in [-0.05, 0) is 46.8 Å². The first kappa shape index (κ1) is 17.9. The van der Waals surface area contributed by atoms with E-state index in [0.29, 0.717) is 5.56 Å². The minimum Gasteiger partial charge on any atom is -0.336 e. The third kappa shape index (κ3) is 3.74. The maximum atomic E-state index is 12.8. The number of carbonyl (C=O) groups excluding carboxylic acids is 1. The summed E-state index contributed by atoms with van der Waals surface area (Å²) in [7, 11) is 0. The minimum absolute atomic E-state index is 0.0629. The topological polar surface area (TPSA) is 80.0 Å². The van der Waals surface area contributed by atoms with E-state index in [9.17, 15) is 4.79 Å². The van der Waals surface area contributed by atoms with Gasteiger partial charge in [0.25, 0.3) is 5.91 Å². The van der Waals surface area contributed by atoms with Crippen LogP contribution in [0.5, 0.6) is 0 Å². The second kappa shape index (κ2) is 7.69. The Labute approximate surface area is 171 Å². The molecule has 5 rings (SSSR count). The van der Waals surface area contributed by atoms with Crippen LogP contribution in [0, 0.1) is 0 Å². The van der Waals surface area contributed by atoms with E-state index in [1.807, 2.05) is 41.3 Å². The van der Waals surface area contributed by atoms with Gasteiger partial charge >= 0.3 is 0 Å². The lowest BCUT2D eigenvalue weighted by molar-refractivity contribution is 0.0628. The number of nitrogens with zero attached hydrogens (tertiary/aromatic N) is 7. The number of piperazine rings is 1. The molecule has 0 unspecified atom stereocenters. The van der Waals surface area contributed by atoms with Crippen LogP contribution < -0.4 is 0 Å². The first-order valence-electron chi connectivity index (χ1n) is 9.46. The second-order valence-electron chi connectivity index (χ2n) is 6.94. The van der Waals surface area contributed by atoms with Gasteiger partial charge in [-0.3, -0.25) is 9.69 Å². The van der Waals surface area contributed by atoms with E-state index >= 15 is 0 Å². The summed E-state index contributed by atoms with van der Waals surface area (Å²) in [5.41, 5.74) is 2.57. The highest BCUT2D eigenvalue weighted by Gasteiger charge is 2.23. The highest BCUT2D eigenvalue weighted by Crippen LogP contribution is 2.23. The molecular weight excluding hydrogens is 386 g/mol. The molecule has 0 N–H and O–H groups in total. The number of rotatable bonds is 4. The normalized spacial score (nSPS) is 15.1. The molecule has 0 atom stereocenters. The van der Waals surface area contributed by atoms with E-state index in [4.69, 9.17) is 4.98 Å². The lowest BCUT2D eigenvalue weighted by Gasteiger charge is -2.34. The van der Waals surface area contributed by atoms with Crippen LogP contribution >= 0.6 is 11.3 Å². The van der Waals surface area contributed by atoms with Crippen molar-refractivity contribution in [2.24, 2.45) is 0 Å². The van der Waals surface area contributed by atoms with Gasteiger partial charge in [-0.25, -0.2) is 9.67 Å². The fourth-order valence-electron chi connectivity index (χ4n) is 3.51. The molecule has 9 heteroatoms. The molecule has 4 aromatic rings. The summed E-state index contributed by atoms with van der Waals surface area (Å²) < 4.78 is 2.79. The van der Waals surface area contributed by atoms with Gasteiger partial charge in [-0.15, -0.1) is 16.4 Å². The number of para-hydroxylation sites is 1. The van der Waals surface area contributed by atoms with E-state index in [0.717, 1.165) is 48.9 Å². The number of amides is 1. The molecule has 2 aromatic heterocycles.